The number of hydrogen-bond acceptors (Lipinski definition) is 4. The first-order valence-electron chi connectivity index (χ1n) is 11.0. The Morgan fingerprint density at radius 1 is 1.08 bits per heavy atom. The molecule has 1 atom stereocenters. The van der Waals surface area contributed by atoms with E-state index in [4.69, 9.17) is 21.2 Å². The van der Waals surface area contributed by atoms with Crippen LogP contribution in [-0.2, 0) is 21.8 Å². The lowest BCUT2D eigenvalue weighted by Gasteiger charge is -2.30. The highest BCUT2D eigenvalue weighted by molar-refractivity contribution is 6.30. The first-order valence-corrected chi connectivity index (χ1v) is 11.3. The van der Waals surface area contributed by atoms with Gasteiger partial charge in [0.2, 0.25) is 0 Å². The van der Waals surface area contributed by atoms with E-state index in [2.05, 4.69) is 5.16 Å². The number of amides is 1. The van der Waals surface area contributed by atoms with Crippen LogP contribution in [0.3, 0.4) is 0 Å². The van der Waals surface area contributed by atoms with Crippen molar-refractivity contribution in [1.82, 2.24) is 5.32 Å². The lowest BCUT2D eigenvalue weighted by atomic mass is 9.85. The van der Waals surface area contributed by atoms with Gasteiger partial charge >= 0.3 is 18.3 Å². The fraction of sp³-hybridized carbons (Fsp3) is 0.280. The van der Waals surface area contributed by atoms with E-state index in [1.165, 1.54) is 24.3 Å². The van der Waals surface area contributed by atoms with Crippen molar-refractivity contribution in [3.8, 4) is 5.75 Å². The van der Waals surface area contributed by atoms with Crippen LogP contribution in [0.15, 0.2) is 59.8 Å². The van der Waals surface area contributed by atoms with Crippen molar-refractivity contribution in [3.05, 3.63) is 76.3 Å². The molecule has 37 heavy (non-hydrogen) atoms. The molecule has 0 fully saturated rings. The van der Waals surface area contributed by atoms with Crippen LogP contribution in [0.25, 0.3) is 10.8 Å². The second-order valence-corrected chi connectivity index (χ2v) is 8.67. The summed E-state index contributed by atoms with van der Waals surface area (Å²) in [6, 6.07) is 13.0. The molecule has 1 N–H and O–H groups in total. The summed E-state index contributed by atoms with van der Waals surface area (Å²) in [6.07, 6.45) is -10.6. The van der Waals surface area contributed by atoms with Gasteiger partial charge in [0.25, 0.3) is 5.60 Å². The number of hydrogen-bond donors (Lipinski definition) is 1. The smallest absolute Gasteiger partial charge is 0.471 e. The highest BCUT2D eigenvalue weighted by atomic mass is 35.5. The monoisotopic (exact) mass is 544 g/mol. The fourth-order valence-corrected chi connectivity index (χ4v) is 4.36. The predicted octanol–water partition coefficient (Wildman–Crippen LogP) is 6.65. The predicted molar refractivity (Wildman–Crippen MR) is 124 cm³/mol. The Labute approximate surface area is 212 Å². The minimum atomic E-state index is -5.05. The molecule has 5 nitrogen and oxygen atoms in total. The van der Waals surface area contributed by atoms with Crippen molar-refractivity contribution < 1.29 is 40.7 Å². The molecule has 0 saturated carbocycles. The van der Waals surface area contributed by atoms with Gasteiger partial charge in [-0.05, 0) is 41.5 Å². The zero-order valence-electron chi connectivity index (χ0n) is 19.1. The average Bonchev–Trinajstić information content (AvgIpc) is 3.28. The van der Waals surface area contributed by atoms with E-state index in [1.54, 1.807) is 36.5 Å². The quantitative estimate of drug-likeness (QED) is 0.353. The van der Waals surface area contributed by atoms with Crippen molar-refractivity contribution in [2.24, 2.45) is 5.16 Å². The first-order chi connectivity index (χ1) is 17.4. The van der Waals surface area contributed by atoms with Gasteiger partial charge in [0.1, 0.15) is 5.75 Å². The summed E-state index contributed by atoms with van der Waals surface area (Å²) in [6.45, 7) is 1.46. The van der Waals surface area contributed by atoms with E-state index < -0.39 is 36.8 Å². The number of fused-ring (bicyclic) bond motifs is 1. The van der Waals surface area contributed by atoms with E-state index in [0.717, 1.165) is 6.07 Å². The van der Waals surface area contributed by atoms with E-state index in [1.807, 2.05) is 0 Å². The van der Waals surface area contributed by atoms with Gasteiger partial charge in [-0.2, -0.15) is 26.3 Å². The average molecular weight is 545 g/mol. The minimum Gasteiger partial charge on any atom is -0.494 e. The fourth-order valence-electron chi connectivity index (χ4n) is 4.14. The van der Waals surface area contributed by atoms with E-state index in [0.29, 0.717) is 21.9 Å². The second-order valence-electron chi connectivity index (χ2n) is 8.24. The Morgan fingerprint density at radius 2 is 1.78 bits per heavy atom. The molecule has 4 rings (SSSR count). The molecule has 3 aromatic rings. The van der Waals surface area contributed by atoms with Gasteiger partial charge in [-0.15, -0.1) is 0 Å². The number of nitrogens with zero attached hydrogens (tertiary/aromatic N) is 1. The van der Waals surface area contributed by atoms with Crippen LogP contribution in [0, 0.1) is 0 Å². The van der Waals surface area contributed by atoms with Gasteiger partial charge in [0.05, 0.1) is 12.3 Å². The summed E-state index contributed by atoms with van der Waals surface area (Å²) in [5, 5.41) is 6.49. The molecule has 1 aliphatic heterocycles. The number of carbonyl (C=O) groups is 1. The maximum atomic E-state index is 14.5. The molecule has 1 aliphatic rings. The van der Waals surface area contributed by atoms with Crippen molar-refractivity contribution in [1.29, 1.82) is 0 Å². The topological polar surface area (TPSA) is 59.9 Å². The Hall–Kier alpha value is -3.47. The molecular weight excluding hydrogens is 526 g/mol. The number of halogens is 7. The van der Waals surface area contributed by atoms with Crippen LogP contribution in [0.5, 0.6) is 5.75 Å². The zero-order chi connectivity index (χ0) is 27.0. The largest absolute Gasteiger partial charge is 0.494 e. The summed E-state index contributed by atoms with van der Waals surface area (Å²) < 4.78 is 86.5. The van der Waals surface area contributed by atoms with Gasteiger partial charge in [-0.3, -0.25) is 4.79 Å². The number of oxime groups is 1. The summed E-state index contributed by atoms with van der Waals surface area (Å²) in [7, 11) is 0. The van der Waals surface area contributed by atoms with Crippen LogP contribution in [0.1, 0.15) is 30.0 Å². The highest BCUT2D eigenvalue weighted by Crippen LogP contribution is 2.50. The van der Waals surface area contributed by atoms with Gasteiger partial charge < -0.3 is 14.9 Å². The third kappa shape index (κ3) is 5.18. The molecule has 1 amide bonds. The lowest BCUT2D eigenvalue weighted by molar-refractivity contribution is -0.275. The van der Waals surface area contributed by atoms with Gasteiger partial charge in [0, 0.05) is 29.1 Å². The van der Waals surface area contributed by atoms with E-state index >= 15 is 0 Å². The molecule has 0 spiro atoms. The molecule has 0 saturated heterocycles. The van der Waals surface area contributed by atoms with E-state index in [9.17, 15) is 31.1 Å². The molecule has 0 bridgehead atoms. The highest BCUT2D eigenvalue weighted by Gasteiger charge is 2.62. The second kappa shape index (κ2) is 9.77. The lowest BCUT2D eigenvalue weighted by Crippen LogP contribution is -2.42. The maximum Gasteiger partial charge on any atom is 0.471 e. The number of carbonyl (C=O) groups excluding carboxylic acids is 1. The first kappa shape index (κ1) is 26.6. The molecule has 3 aromatic carbocycles. The number of nitrogens with one attached hydrogen (secondary N) is 1. The number of ether oxygens (including phenoxy) is 1. The van der Waals surface area contributed by atoms with Crippen LogP contribution >= 0.6 is 11.6 Å². The summed E-state index contributed by atoms with van der Waals surface area (Å²) in [4.78, 5) is 16.4. The van der Waals surface area contributed by atoms with Crippen molar-refractivity contribution >= 4 is 34.0 Å². The number of rotatable bonds is 6. The Bertz CT molecular complexity index is 1370. The Balaban J connectivity index is 1.72. The summed E-state index contributed by atoms with van der Waals surface area (Å²) in [5.41, 5.74) is -2.49. The van der Waals surface area contributed by atoms with Gasteiger partial charge in [-0.25, -0.2) is 0 Å². The summed E-state index contributed by atoms with van der Waals surface area (Å²) in [5.74, 6) is -1.96. The molecule has 1 heterocycles. The van der Waals surface area contributed by atoms with Crippen molar-refractivity contribution in [2.75, 3.05) is 6.61 Å². The Morgan fingerprint density at radius 3 is 2.43 bits per heavy atom. The van der Waals surface area contributed by atoms with E-state index in [-0.39, 0.29) is 28.7 Å². The molecule has 196 valence electrons. The summed E-state index contributed by atoms with van der Waals surface area (Å²) >= 11 is 6.06. The molecule has 12 heteroatoms. The van der Waals surface area contributed by atoms with Crippen LogP contribution in [0.4, 0.5) is 26.3 Å². The molecule has 1 unspecified atom stereocenters. The number of alkyl halides is 6. The minimum absolute atomic E-state index is 0.0164. The van der Waals surface area contributed by atoms with Crippen molar-refractivity contribution in [2.45, 2.75) is 37.8 Å². The van der Waals surface area contributed by atoms with Crippen LogP contribution in [0.2, 0.25) is 5.02 Å². The molecule has 0 aromatic heterocycles. The molecular formula is C25H19ClF6N2O3. The standard InChI is InChI=1S/C25H19ClF6N2O3/c1-2-36-17-10-15(9-16(26)11-17)23(25(30,31)32)12-21(34-37-23)20-8-7-14(13-33-22(35)24(27,28)29)18-5-3-4-6-19(18)20/h3-11H,2,12-13H2,1H3,(H,33,35). The van der Waals surface area contributed by atoms with Crippen LogP contribution < -0.4 is 10.1 Å². The number of benzene rings is 3. The van der Waals surface area contributed by atoms with Gasteiger partial charge in [0.15, 0.2) is 0 Å². The van der Waals surface area contributed by atoms with Crippen molar-refractivity contribution in [3.63, 3.8) is 0 Å². The normalized spacial score (nSPS) is 17.9. The SMILES string of the molecule is CCOc1cc(Cl)cc(C2(C(F)(F)F)CC(c3ccc(CNC(=O)C(F)(F)F)c4ccccc34)=NO2)c1. The Kier molecular flexibility index (Phi) is 7.02. The third-order valence-corrected chi connectivity index (χ3v) is 6.07. The molecule has 0 radical (unpaired) electrons. The third-order valence-electron chi connectivity index (χ3n) is 5.86. The molecule has 0 aliphatic carbocycles. The van der Waals surface area contributed by atoms with Gasteiger partial charge in [-0.1, -0.05) is 53.2 Å². The zero-order valence-corrected chi connectivity index (χ0v) is 19.9. The maximum absolute atomic E-state index is 14.5. The van der Waals surface area contributed by atoms with Crippen LogP contribution in [-0.4, -0.2) is 30.6 Å².